The van der Waals surface area contributed by atoms with Crippen molar-refractivity contribution in [2.45, 2.75) is 57.6 Å². The predicted molar refractivity (Wildman–Crippen MR) is 174 cm³/mol. The van der Waals surface area contributed by atoms with Crippen LogP contribution in [0.3, 0.4) is 0 Å². The minimum Gasteiger partial charge on any atom is -0.744 e. The van der Waals surface area contributed by atoms with E-state index >= 15 is 0 Å². The maximum atomic E-state index is 12.0. The second kappa shape index (κ2) is 13.8. The SMILES string of the molecule is CC(C)(C)c1ccc([S+](c2ccccc2)c2ccccc2)cc1.Cc1ccc(S(=O)(=O)Oc2ccc(S(=O)(=O)[O-])cc2)cc1. The summed E-state index contributed by atoms with van der Waals surface area (Å²) in [7, 11) is -8.63. The van der Waals surface area contributed by atoms with Gasteiger partial charge in [0.05, 0.1) is 15.8 Å². The van der Waals surface area contributed by atoms with Crippen LogP contribution in [0.15, 0.2) is 158 Å². The smallest absolute Gasteiger partial charge is 0.339 e. The zero-order chi connectivity index (χ0) is 32.0. The molecule has 0 aliphatic heterocycles. The van der Waals surface area contributed by atoms with Crippen LogP contribution < -0.4 is 4.18 Å². The third-order valence-electron chi connectivity index (χ3n) is 6.54. The van der Waals surface area contributed by atoms with E-state index in [9.17, 15) is 21.4 Å². The van der Waals surface area contributed by atoms with Gasteiger partial charge in [-0.2, -0.15) is 8.42 Å². The van der Waals surface area contributed by atoms with Crippen molar-refractivity contribution >= 4 is 31.1 Å². The Bertz CT molecular complexity index is 1830. The highest BCUT2D eigenvalue weighted by atomic mass is 32.2. The first-order chi connectivity index (χ1) is 20.7. The van der Waals surface area contributed by atoms with Crippen LogP contribution in [0.2, 0.25) is 0 Å². The Hall–Kier alpha value is -3.89. The first-order valence-corrected chi connectivity index (χ1v) is 17.8. The Morgan fingerprint density at radius 2 is 1.00 bits per heavy atom. The van der Waals surface area contributed by atoms with Gasteiger partial charge in [-0.15, -0.1) is 0 Å². The molecule has 0 aliphatic carbocycles. The molecular formula is C35H34O6S3. The third-order valence-corrected chi connectivity index (χ3v) is 10.9. The van der Waals surface area contributed by atoms with E-state index in [1.54, 1.807) is 12.1 Å². The van der Waals surface area contributed by atoms with E-state index in [4.69, 9.17) is 4.18 Å². The average Bonchev–Trinajstić information content (AvgIpc) is 2.98. The van der Waals surface area contributed by atoms with E-state index in [0.29, 0.717) is 0 Å². The summed E-state index contributed by atoms with van der Waals surface area (Å²) in [6.45, 7) is 8.60. The molecule has 9 heteroatoms. The molecule has 44 heavy (non-hydrogen) atoms. The Kier molecular flexibility index (Phi) is 10.4. The molecule has 0 aromatic heterocycles. The van der Waals surface area contributed by atoms with E-state index in [-0.39, 0.29) is 27.0 Å². The number of benzene rings is 5. The molecule has 0 radical (unpaired) electrons. The Morgan fingerprint density at radius 3 is 1.43 bits per heavy atom. The summed E-state index contributed by atoms with van der Waals surface area (Å²) in [5.41, 5.74) is 2.47. The number of rotatable bonds is 7. The van der Waals surface area contributed by atoms with E-state index in [1.807, 2.05) is 6.92 Å². The van der Waals surface area contributed by atoms with Gasteiger partial charge < -0.3 is 8.74 Å². The van der Waals surface area contributed by atoms with Crippen molar-refractivity contribution in [1.82, 2.24) is 0 Å². The standard InChI is InChI=1S/C22H23S.C13H12O6S2/c1-22(2,3)18-14-16-21(17-15-18)23(19-10-6-4-7-11-19)20-12-8-5-9-13-20;1-10-2-6-13(7-3-10)21(17,18)19-11-4-8-12(9-5-11)20(14,15)16/h4-17H,1-3H3;2-9H,1H3,(H,14,15,16)/q+1;/p-1. The molecule has 5 aromatic carbocycles. The quantitative estimate of drug-likeness (QED) is 0.102. The Balaban J connectivity index is 0.000000202. The van der Waals surface area contributed by atoms with Crippen molar-refractivity contribution in [3.05, 3.63) is 145 Å². The fourth-order valence-electron chi connectivity index (χ4n) is 4.15. The zero-order valence-electron chi connectivity index (χ0n) is 24.9. The van der Waals surface area contributed by atoms with Crippen molar-refractivity contribution in [2.24, 2.45) is 0 Å². The average molecular weight is 647 g/mol. The minimum absolute atomic E-state index is 0.0198. The van der Waals surface area contributed by atoms with E-state index in [1.165, 1.54) is 32.4 Å². The van der Waals surface area contributed by atoms with Crippen LogP contribution in [0.5, 0.6) is 5.75 Å². The molecular weight excluding hydrogens is 613 g/mol. The number of hydrogen-bond acceptors (Lipinski definition) is 6. The summed E-state index contributed by atoms with van der Waals surface area (Å²) in [5.74, 6) is -0.0806. The molecule has 5 rings (SSSR count). The van der Waals surface area contributed by atoms with E-state index < -0.39 is 25.1 Å². The van der Waals surface area contributed by atoms with Crippen molar-refractivity contribution in [3.8, 4) is 5.75 Å². The molecule has 0 spiro atoms. The van der Waals surface area contributed by atoms with Gasteiger partial charge in [-0.05, 0) is 90.7 Å². The summed E-state index contributed by atoms with van der Waals surface area (Å²) in [5, 5.41) is 0. The van der Waals surface area contributed by atoms with Crippen molar-refractivity contribution in [3.63, 3.8) is 0 Å². The molecule has 0 N–H and O–H groups in total. The molecule has 0 saturated carbocycles. The summed E-state index contributed by atoms with van der Waals surface area (Å²) >= 11 is 0. The van der Waals surface area contributed by atoms with E-state index in [2.05, 4.69) is 106 Å². The molecule has 0 fully saturated rings. The molecule has 0 aliphatic rings. The lowest BCUT2D eigenvalue weighted by molar-refractivity contribution is 0.463. The zero-order valence-corrected chi connectivity index (χ0v) is 27.3. The van der Waals surface area contributed by atoms with Crippen LogP contribution in [-0.4, -0.2) is 21.4 Å². The van der Waals surface area contributed by atoms with Crippen LogP contribution in [0, 0.1) is 6.92 Å². The number of aryl methyl sites for hydroxylation is 1. The fourth-order valence-corrected chi connectivity index (χ4v) is 7.64. The molecule has 0 bridgehead atoms. The second-order valence-electron chi connectivity index (χ2n) is 11.0. The summed E-state index contributed by atoms with van der Waals surface area (Å²) in [4.78, 5) is 3.62. The van der Waals surface area contributed by atoms with Gasteiger partial charge in [0.15, 0.2) is 14.7 Å². The van der Waals surface area contributed by atoms with E-state index in [0.717, 1.165) is 29.8 Å². The molecule has 0 saturated heterocycles. The fraction of sp³-hybridized carbons (Fsp3) is 0.143. The lowest BCUT2D eigenvalue weighted by Gasteiger charge is -2.19. The lowest BCUT2D eigenvalue weighted by Crippen LogP contribution is -2.11. The van der Waals surface area contributed by atoms with Gasteiger partial charge in [0, 0.05) is 0 Å². The molecule has 5 aromatic rings. The van der Waals surface area contributed by atoms with Gasteiger partial charge in [0.2, 0.25) is 0 Å². The summed E-state index contributed by atoms with van der Waals surface area (Å²) < 4.78 is 61.2. The molecule has 0 heterocycles. The van der Waals surface area contributed by atoms with Crippen LogP contribution in [0.25, 0.3) is 0 Å². The minimum atomic E-state index is -4.58. The highest BCUT2D eigenvalue weighted by Crippen LogP contribution is 2.32. The first-order valence-electron chi connectivity index (χ1n) is 13.8. The second-order valence-corrected chi connectivity index (χ2v) is 15.9. The Morgan fingerprint density at radius 1 is 0.568 bits per heavy atom. The first kappa shape index (κ1) is 33.0. The monoisotopic (exact) mass is 646 g/mol. The largest absolute Gasteiger partial charge is 0.744 e. The lowest BCUT2D eigenvalue weighted by atomic mass is 9.87. The normalized spacial score (nSPS) is 11.9. The van der Waals surface area contributed by atoms with Crippen LogP contribution in [0.4, 0.5) is 0 Å². The van der Waals surface area contributed by atoms with Gasteiger partial charge in [0.1, 0.15) is 20.8 Å². The molecule has 228 valence electrons. The highest BCUT2D eigenvalue weighted by Gasteiger charge is 2.28. The third kappa shape index (κ3) is 8.83. The highest BCUT2D eigenvalue weighted by molar-refractivity contribution is 7.97. The van der Waals surface area contributed by atoms with Crippen LogP contribution >= 0.6 is 0 Å². The maximum absolute atomic E-state index is 12.0. The molecule has 0 atom stereocenters. The topological polar surface area (TPSA) is 101 Å². The molecule has 0 amide bonds. The van der Waals surface area contributed by atoms with Gasteiger partial charge in [-0.3, -0.25) is 0 Å². The van der Waals surface area contributed by atoms with Gasteiger partial charge in [0.25, 0.3) is 0 Å². The summed E-state index contributed by atoms with van der Waals surface area (Å²) in [6.07, 6.45) is 0. The van der Waals surface area contributed by atoms with Crippen molar-refractivity contribution in [1.29, 1.82) is 0 Å². The van der Waals surface area contributed by atoms with Gasteiger partial charge >= 0.3 is 10.1 Å². The van der Waals surface area contributed by atoms with Crippen molar-refractivity contribution < 1.29 is 25.6 Å². The summed E-state index contributed by atoms with van der Waals surface area (Å²) in [6, 6.07) is 41.0. The number of hydrogen-bond donors (Lipinski definition) is 0. The van der Waals surface area contributed by atoms with Crippen LogP contribution in [0.1, 0.15) is 31.9 Å². The molecule has 6 nitrogen and oxygen atoms in total. The maximum Gasteiger partial charge on any atom is 0.339 e. The van der Waals surface area contributed by atoms with Gasteiger partial charge in [-0.25, -0.2) is 8.42 Å². The Labute approximate surface area is 263 Å². The predicted octanol–water partition coefficient (Wildman–Crippen LogP) is 7.75. The van der Waals surface area contributed by atoms with Gasteiger partial charge in [-0.1, -0.05) is 87.0 Å². The van der Waals surface area contributed by atoms with Crippen molar-refractivity contribution in [2.75, 3.05) is 0 Å². The molecule has 0 unspecified atom stereocenters. The van der Waals surface area contributed by atoms with Crippen LogP contribution in [-0.2, 0) is 36.5 Å².